The van der Waals surface area contributed by atoms with Crippen molar-refractivity contribution in [2.45, 2.75) is 26.3 Å². The van der Waals surface area contributed by atoms with Crippen LogP contribution in [-0.2, 0) is 11.3 Å². The molecule has 92 valence electrons. The normalized spacial score (nSPS) is 15.2. The standard InChI is InChI=1S/C13H19N3O/c1-11-5-4-6-12(15-11)9-14-10-13(17)16-7-2-3-8-16/h4-6,14H,2-3,7-10H2,1H3. The zero-order chi connectivity index (χ0) is 12.1. The number of carbonyl (C=O) groups excluding carboxylic acids is 1. The second-order valence-electron chi connectivity index (χ2n) is 4.46. The van der Waals surface area contributed by atoms with Crippen molar-refractivity contribution >= 4 is 5.91 Å². The first kappa shape index (κ1) is 12.0. The maximum absolute atomic E-state index is 11.7. The Morgan fingerprint density at radius 2 is 2.18 bits per heavy atom. The molecule has 1 N–H and O–H groups in total. The van der Waals surface area contributed by atoms with E-state index in [9.17, 15) is 4.79 Å². The second-order valence-corrected chi connectivity index (χ2v) is 4.46. The molecule has 1 aromatic heterocycles. The number of hydrogen-bond acceptors (Lipinski definition) is 3. The van der Waals surface area contributed by atoms with Gasteiger partial charge in [0.2, 0.25) is 5.91 Å². The first-order chi connectivity index (χ1) is 8.25. The van der Waals surface area contributed by atoms with Crippen LogP contribution >= 0.6 is 0 Å². The van der Waals surface area contributed by atoms with Crippen LogP contribution in [0.15, 0.2) is 18.2 Å². The molecule has 1 fully saturated rings. The van der Waals surface area contributed by atoms with Crippen molar-refractivity contribution in [3.8, 4) is 0 Å². The quantitative estimate of drug-likeness (QED) is 0.847. The molecule has 0 spiro atoms. The average Bonchev–Trinajstić information content (AvgIpc) is 2.82. The van der Waals surface area contributed by atoms with Gasteiger partial charge in [-0.1, -0.05) is 6.07 Å². The highest BCUT2D eigenvalue weighted by Crippen LogP contribution is 2.06. The van der Waals surface area contributed by atoms with Gasteiger partial charge in [-0.3, -0.25) is 9.78 Å². The lowest BCUT2D eigenvalue weighted by Crippen LogP contribution is -2.36. The Kier molecular flexibility index (Phi) is 4.09. The van der Waals surface area contributed by atoms with Gasteiger partial charge < -0.3 is 10.2 Å². The highest BCUT2D eigenvalue weighted by molar-refractivity contribution is 5.78. The van der Waals surface area contributed by atoms with E-state index in [1.807, 2.05) is 30.0 Å². The Balaban J connectivity index is 1.73. The van der Waals surface area contributed by atoms with Crippen molar-refractivity contribution < 1.29 is 4.79 Å². The predicted molar refractivity (Wildman–Crippen MR) is 66.5 cm³/mol. The zero-order valence-electron chi connectivity index (χ0n) is 10.3. The smallest absolute Gasteiger partial charge is 0.236 e. The fraction of sp³-hybridized carbons (Fsp3) is 0.538. The molecule has 1 aliphatic heterocycles. The average molecular weight is 233 g/mol. The summed E-state index contributed by atoms with van der Waals surface area (Å²) in [7, 11) is 0. The van der Waals surface area contributed by atoms with Gasteiger partial charge in [0.1, 0.15) is 0 Å². The molecule has 0 unspecified atom stereocenters. The molecule has 1 amide bonds. The number of aromatic nitrogens is 1. The molecule has 0 aromatic carbocycles. The third-order valence-electron chi connectivity index (χ3n) is 2.99. The highest BCUT2D eigenvalue weighted by Gasteiger charge is 2.16. The summed E-state index contributed by atoms with van der Waals surface area (Å²) in [6.07, 6.45) is 2.29. The molecule has 0 radical (unpaired) electrons. The van der Waals surface area contributed by atoms with Gasteiger partial charge in [0.15, 0.2) is 0 Å². The summed E-state index contributed by atoms with van der Waals surface area (Å²) in [4.78, 5) is 18.1. The fourth-order valence-corrected chi connectivity index (χ4v) is 2.07. The maximum Gasteiger partial charge on any atom is 0.236 e. The van der Waals surface area contributed by atoms with Crippen molar-refractivity contribution in [2.75, 3.05) is 19.6 Å². The monoisotopic (exact) mass is 233 g/mol. The lowest BCUT2D eigenvalue weighted by molar-refractivity contribution is -0.129. The minimum Gasteiger partial charge on any atom is -0.342 e. The Morgan fingerprint density at radius 1 is 1.41 bits per heavy atom. The summed E-state index contributed by atoms with van der Waals surface area (Å²) in [6.45, 7) is 4.88. The molecular formula is C13H19N3O. The molecule has 17 heavy (non-hydrogen) atoms. The predicted octanol–water partition coefficient (Wildman–Crippen LogP) is 1.10. The molecule has 4 nitrogen and oxygen atoms in total. The van der Waals surface area contributed by atoms with E-state index in [2.05, 4.69) is 10.3 Å². The van der Waals surface area contributed by atoms with E-state index in [0.717, 1.165) is 37.3 Å². The van der Waals surface area contributed by atoms with Gasteiger partial charge in [-0.25, -0.2) is 0 Å². The minimum atomic E-state index is 0.204. The van der Waals surface area contributed by atoms with Crippen molar-refractivity contribution in [3.63, 3.8) is 0 Å². The number of rotatable bonds is 4. The van der Waals surface area contributed by atoms with E-state index in [0.29, 0.717) is 13.1 Å². The van der Waals surface area contributed by atoms with Crippen molar-refractivity contribution in [1.29, 1.82) is 0 Å². The Labute approximate surface area is 102 Å². The maximum atomic E-state index is 11.7. The van der Waals surface area contributed by atoms with Crippen LogP contribution < -0.4 is 5.32 Å². The van der Waals surface area contributed by atoms with Gasteiger partial charge in [-0.2, -0.15) is 0 Å². The number of aryl methyl sites for hydroxylation is 1. The Bertz CT molecular complexity index is 386. The van der Waals surface area contributed by atoms with Crippen molar-refractivity contribution in [1.82, 2.24) is 15.2 Å². The van der Waals surface area contributed by atoms with E-state index in [1.54, 1.807) is 0 Å². The van der Waals surface area contributed by atoms with E-state index in [-0.39, 0.29) is 5.91 Å². The summed E-state index contributed by atoms with van der Waals surface area (Å²) < 4.78 is 0. The lowest BCUT2D eigenvalue weighted by atomic mass is 10.3. The van der Waals surface area contributed by atoms with Crippen LogP contribution in [0.5, 0.6) is 0 Å². The topological polar surface area (TPSA) is 45.2 Å². The largest absolute Gasteiger partial charge is 0.342 e. The van der Waals surface area contributed by atoms with Crippen LogP contribution in [0.4, 0.5) is 0 Å². The van der Waals surface area contributed by atoms with Gasteiger partial charge in [-0.05, 0) is 31.9 Å². The van der Waals surface area contributed by atoms with Gasteiger partial charge >= 0.3 is 0 Å². The number of nitrogens with one attached hydrogen (secondary N) is 1. The van der Waals surface area contributed by atoms with Gasteiger partial charge in [0, 0.05) is 25.3 Å². The second kappa shape index (κ2) is 5.77. The summed E-state index contributed by atoms with van der Waals surface area (Å²) in [5, 5.41) is 3.15. The summed E-state index contributed by atoms with van der Waals surface area (Å²) in [6, 6.07) is 5.93. The summed E-state index contributed by atoms with van der Waals surface area (Å²) in [5.74, 6) is 0.204. The van der Waals surface area contributed by atoms with E-state index >= 15 is 0 Å². The molecule has 1 aromatic rings. The summed E-state index contributed by atoms with van der Waals surface area (Å²) >= 11 is 0. The van der Waals surface area contributed by atoms with E-state index < -0.39 is 0 Å². The number of pyridine rings is 1. The van der Waals surface area contributed by atoms with Gasteiger partial charge in [0.05, 0.1) is 12.2 Å². The number of carbonyl (C=O) groups is 1. The summed E-state index contributed by atoms with van der Waals surface area (Å²) in [5.41, 5.74) is 1.99. The number of amides is 1. The third kappa shape index (κ3) is 3.53. The molecule has 0 bridgehead atoms. The molecule has 2 heterocycles. The number of likely N-dealkylation sites (tertiary alicyclic amines) is 1. The molecule has 2 rings (SSSR count). The Morgan fingerprint density at radius 3 is 2.88 bits per heavy atom. The minimum absolute atomic E-state index is 0.204. The zero-order valence-corrected chi connectivity index (χ0v) is 10.3. The van der Waals surface area contributed by atoms with E-state index in [4.69, 9.17) is 0 Å². The SMILES string of the molecule is Cc1cccc(CNCC(=O)N2CCCC2)n1. The third-order valence-corrected chi connectivity index (χ3v) is 2.99. The molecule has 0 atom stereocenters. The van der Waals surface area contributed by atoms with Crippen LogP contribution in [0, 0.1) is 6.92 Å². The number of nitrogens with zero attached hydrogens (tertiary/aromatic N) is 2. The molecule has 1 aliphatic rings. The highest BCUT2D eigenvalue weighted by atomic mass is 16.2. The van der Waals surface area contributed by atoms with Crippen LogP contribution in [0.2, 0.25) is 0 Å². The number of hydrogen-bond donors (Lipinski definition) is 1. The van der Waals surface area contributed by atoms with Crippen LogP contribution in [-0.4, -0.2) is 35.4 Å². The molecule has 4 heteroatoms. The molecule has 0 saturated carbocycles. The van der Waals surface area contributed by atoms with Crippen LogP contribution in [0.1, 0.15) is 24.2 Å². The Hall–Kier alpha value is -1.42. The van der Waals surface area contributed by atoms with Crippen molar-refractivity contribution in [2.24, 2.45) is 0 Å². The first-order valence-electron chi connectivity index (χ1n) is 6.17. The van der Waals surface area contributed by atoms with Gasteiger partial charge in [0.25, 0.3) is 0 Å². The molecule has 0 aliphatic carbocycles. The molecule has 1 saturated heterocycles. The molecular weight excluding hydrogens is 214 g/mol. The first-order valence-corrected chi connectivity index (χ1v) is 6.17. The van der Waals surface area contributed by atoms with E-state index in [1.165, 1.54) is 0 Å². The fourth-order valence-electron chi connectivity index (χ4n) is 2.07. The van der Waals surface area contributed by atoms with Crippen LogP contribution in [0.25, 0.3) is 0 Å². The van der Waals surface area contributed by atoms with Crippen LogP contribution in [0.3, 0.4) is 0 Å². The van der Waals surface area contributed by atoms with Gasteiger partial charge in [-0.15, -0.1) is 0 Å². The lowest BCUT2D eigenvalue weighted by Gasteiger charge is -2.15. The van der Waals surface area contributed by atoms with Crippen molar-refractivity contribution in [3.05, 3.63) is 29.6 Å².